The lowest BCUT2D eigenvalue weighted by Crippen LogP contribution is -2.45. The fraction of sp³-hybridized carbons (Fsp3) is 0.588. The second kappa shape index (κ2) is 8.03. The van der Waals surface area contributed by atoms with Crippen molar-refractivity contribution < 1.29 is 14.6 Å². The molecule has 1 aromatic carbocycles. The van der Waals surface area contributed by atoms with Crippen LogP contribution in [0.5, 0.6) is 5.75 Å². The van der Waals surface area contributed by atoms with E-state index in [9.17, 15) is 9.90 Å². The number of phenols is 1. The fourth-order valence-electron chi connectivity index (χ4n) is 1.91. The number of benzene rings is 1. The highest BCUT2D eigenvalue weighted by Gasteiger charge is 2.18. The van der Waals surface area contributed by atoms with Gasteiger partial charge in [-0.05, 0) is 44.4 Å². The molecule has 0 aliphatic heterocycles. The SMILES string of the molecule is CC(C)C(CNC(=O)OC(C)(C)C)NCc1ccc(O)cc1. The highest BCUT2D eigenvalue weighted by molar-refractivity contribution is 5.67. The van der Waals surface area contributed by atoms with Crippen molar-refractivity contribution in [1.29, 1.82) is 0 Å². The average molecular weight is 308 g/mol. The van der Waals surface area contributed by atoms with Crippen molar-refractivity contribution in [2.45, 2.75) is 52.8 Å². The summed E-state index contributed by atoms with van der Waals surface area (Å²) in [5, 5.41) is 15.5. The third-order valence-electron chi connectivity index (χ3n) is 3.17. The van der Waals surface area contributed by atoms with Crippen LogP contribution in [0.25, 0.3) is 0 Å². The number of ether oxygens (including phenoxy) is 1. The first-order chi connectivity index (χ1) is 10.2. The number of hydrogen-bond acceptors (Lipinski definition) is 4. The van der Waals surface area contributed by atoms with Gasteiger partial charge in [-0.2, -0.15) is 0 Å². The molecule has 1 atom stereocenters. The second-order valence-electron chi connectivity index (χ2n) is 6.78. The molecule has 0 saturated heterocycles. The van der Waals surface area contributed by atoms with Gasteiger partial charge in [-0.15, -0.1) is 0 Å². The lowest BCUT2D eigenvalue weighted by atomic mass is 10.0. The van der Waals surface area contributed by atoms with Crippen LogP contribution in [0.15, 0.2) is 24.3 Å². The summed E-state index contributed by atoms with van der Waals surface area (Å²) in [7, 11) is 0. The third kappa shape index (κ3) is 7.31. The number of aromatic hydroxyl groups is 1. The number of amides is 1. The Hall–Kier alpha value is -1.75. The Morgan fingerprint density at radius 3 is 2.32 bits per heavy atom. The first-order valence-corrected chi connectivity index (χ1v) is 7.65. The van der Waals surface area contributed by atoms with Crippen LogP contribution in [0.3, 0.4) is 0 Å². The van der Waals surface area contributed by atoms with Crippen molar-refractivity contribution in [1.82, 2.24) is 10.6 Å². The van der Waals surface area contributed by atoms with Crippen molar-refractivity contribution in [3.63, 3.8) is 0 Å². The van der Waals surface area contributed by atoms with Crippen molar-refractivity contribution >= 4 is 6.09 Å². The van der Waals surface area contributed by atoms with E-state index < -0.39 is 11.7 Å². The van der Waals surface area contributed by atoms with Gasteiger partial charge in [-0.1, -0.05) is 26.0 Å². The first-order valence-electron chi connectivity index (χ1n) is 7.65. The maximum Gasteiger partial charge on any atom is 0.407 e. The molecule has 1 unspecified atom stereocenters. The van der Waals surface area contributed by atoms with Gasteiger partial charge >= 0.3 is 6.09 Å². The van der Waals surface area contributed by atoms with Gasteiger partial charge in [0, 0.05) is 19.1 Å². The first kappa shape index (κ1) is 18.3. The van der Waals surface area contributed by atoms with Crippen LogP contribution in [0.4, 0.5) is 4.79 Å². The van der Waals surface area contributed by atoms with E-state index >= 15 is 0 Å². The third-order valence-corrected chi connectivity index (χ3v) is 3.17. The molecule has 0 heterocycles. The summed E-state index contributed by atoms with van der Waals surface area (Å²) in [5.41, 5.74) is 0.595. The number of alkyl carbamates (subject to hydrolysis) is 1. The zero-order valence-corrected chi connectivity index (χ0v) is 14.1. The normalized spacial score (nSPS) is 13.0. The monoisotopic (exact) mass is 308 g/mol. The molecule has 0 aliphatic rings. The van der Waals surface area contributed by atoms with Crippen LogP contribution in [-0.2, 0) is 11.3 Å². The average Bonchev–Trinajstić information content (AvgIpc) is 2.38. The number of carbonyl (C=O) groups excluding carboxylic acids is 1. The summed E-state index contributed by atoms with van der Waals surface area (Å²) in [5.74, 6) is 0.628. The van der Waals surface area contributed by atoms with E-state index in [4.69, 9.17) is 4.74 Å². The maximum atomic E-state index is 11.7. The summed E-state index contributed by atoms with van der Waals surface area (Å²) in [4.78, 5) is 11.7. The molecule has 124 valence electrons. The summed E-state index contributed by atoms with van der Waals surface area (Å²) >= 11 is 0. The van der Waals surface area contributed by atoms with Gasteiger partial charge in [0.1, 0.15) is 11.4 Å². The van der Waals surface area contributed by atoms with Gasteiger partial charge in [0.2, 0.25) is 0 Å². The Labute approximate surface area is 133 Å². The lowest BCUT2D eigenvalue weighted by Gasteiger charge is -2.25. The number of nitrogens with one attached hydrogen (secondary N) is 2. The van der Waals surface area contributed by atoms with Crippen LogP contribution in [-0.4, -0.2) is 29.4 Å². The largest absolute Gasteiger partial charge is 0.508 e. The van der Waals surface area contributed by atoms with E-state index in [1.807, 2.05) is 32.9 Å². The summed E-state index contributed by atoms with van der Waals surface area (Å²) in [6.07, 6.45) is -0.399. The van der Waals surface area contributed by atoms with E-state index in [1.165, 1.54) is 0 Å². The van der Waals surface area contributed by atoms with Crippen molar-refractivity contribution in [3.8, 4) is 5.75 Å². The minimum absolute atomic E-state index is 0.140. The number of carbonyl (C=O) groups is 1. The molecule has 0 aliphatic carbocycles. The van der Waals surface area contributed by atoms with Gasteiger partial charge < -0.3 is 20.5 Å². The molecule has 1 rings (SSSR count). The molecule has 1 aromatic rings. The minimum atomic E-state index is -0.489. The molecule has 5 nitrogen and oxygen atoms in total. The highest BCUT2D eigenvalue weighted by Crippen LogP contribution is 2.11. The predicted molar refractivity (Wildman–Crippen MR) is 87.8 cm³/mol. The highest BCUT2D eigenvalue weighted by atomic mass is 16.6. The van der Waals surface area contributed by atoms with E-state index in [0.29, 0.717) is 19.0 Å². The molecule has 22 heavy (non-hydrogen) atoms. The molecule has 0 spiro atoms. The van der Waals surface area contributed by atoms with E-state index in [2.05, 4.69) is 24.5 Å². The van der Waals surface area contributed by atoms with Gasteiger partial charge in [-0.3, -0.25) is 0 Å². The fourth-order valence-corrected chi connectivity index (χ4v) is 1.91. The van der Waals surface area contributed by atoms with Crippen LogP contribution in [0, 0.1) is 5.92 Å². The van der Waals surface area contributed by atoms with Crippen molar-refractivity contribution in [2.75, 3.05) is 6.54 Å². The summed E-state index contributed by atoms with van der Waals surface area (Å²) in [6.45, 7) is 10.9. The molecule has 0 bridgehead atoms. The lowest BCUT2D eigenvalue weighted by molar-refractivity contribution is 0.0519. The molecule has 1 amide bonds. The smallest absolute Gasteiger partial charge is 0.407 e. The molecule has 0 radical (unpaired) electrons. The van der Waals surface area contributed by atoms with Crippen LogP contribution in [0.2, 0.25) is 0 Å². The summed E-state index contributed by atoms with van der Waals surface area (Å²) in [6, 6.07) is 7.23. The molecular formula is C17H28N2O3. The maximum absolute atomic E-state index is 11.7. The predicted octanol–water partition coefficient (Wildman–Crippen LogP) is 3.03. The number of hydrogen-bond donors (Lipinski definition) is 3. The van der Waals surface area contributed by atoms with Gasteiger partial charge in [0.15, 0.2) is 0 Å². The Morgan fingerprint density at radius 1 is 1.23 bits per heavy atom. The molecular weight excluding hydrogens is 280 g/mol. The molecule has 3 N–H and O–H groups in total. The topological polar surface area (TPSA) is 70.6 Å². The Kier molecular flexibility index (Phi) is 6.68. The molecule has 0 fully saturated rings. The van der Waals surface area contributed by atoms with Gasteiger partial charge in [0.05, 0.1) is 0 Å². The second-order valence-corrected chi connectivity index (χ2v) is 6.78. The summed E-state index contributed by atoms with van der Waals surface area (Å²) < 4.78 is 5.24. The molecule has 0 aromatic heterocycles. The Balaban J connectivity index is 2.45. The van der Waals surface area contributed by atoms with Crippen LogP contribution >= 0.6 is 0 Å². The van der Waals surface area contributed by atoms with E-state index in [1.54, 1.807) is 12.1 Å². The van der Waals surface area contributed by atoms with Crippen LogP contribution < -0.4 is 10.6 Å². The zero-order valence-electron chi connectivity index (χ0n) is 14.1. The Bertz CT molecular complexity index is 464. The van der Waals surface area contributed by atoms with Gasteiger partial charge in [0.25, 0.3) is 0 Å². The standard InChI is InChI=1S/C17H28N2O3/c1-12(2)15(11-19-16(21)22-17(3,4)5)18-10-13-6-8-14(20)9-7-13/h6-9,12,15,18,20H,10-11H2,1-5H3,(H,19,21). The Morgan fingerprint density at radius 2 is 1.82 bits per heavy atom. The van der Waals surface area contributed by atoms with E-state index in [-0.39, 0.29) is 11.8 Å². The van der Waals surface area contributed by atoms with Crippen molar-refractivity contribution in [2.24, 2.45) is 5.92 Å². The van der Waals surface area contributed by atoms with Gasteiger partial charge in [-0.25, -0.2) is 4.79 Å². The van der Waals surface area contributed by atoms with Crippen molar-refractivity contribution in [3.05, 3.63) is 29.8 Å². The van der Waals surface area contributed by atoms with Crippen LogP contribution in [0.1, 0.15) is 40.2 Å². The quantitative estimate of drug-likeness (QED) is 0.755. The minimum Gasteiger partial charge on any atom is -0.508 e. The molecule has 5 heteroatoms. The zero-order chi connectivity index (χ0) is 16.8. The van der Waals surface area contributed by atoms with E-state index in [0.717, 1.165) is 5.56 Å². The molecule has 0 saturated carbocycles. The number of rotatable bonds is 6. The number of phenolic OH excluding ortho intramolecular Hbond substituents is 1.